The van der Waals surface area contributed by atoms with Gasteiger partial charge in [0.25, 0.3) is 5.91 Å². The molecule has 6 nitrogen and oxygen atoms in total. The number of nitrogens with zero attached hydrogens (tertiary/aromatic N) is 2. The van der Waals surface area contributed by atoms with E-state index in [0.717, 1.165) is 12.8 Å². The number of hydrogen-bond donors (Lipinski definition) is 3. The van der Waals surface area contributed by atoms with E-state index < -0.39 is 0 Å². The van der Waals surface area contributed by atoms with Gasteiger partial charge >= 0.3 is 0 Å². The van der Waals surface area contributed by atoms with Crippen LogP contribution in [0, 0.1) is 12.8 Å². The first-order valence-electron chi connectivity index (χ1n) is 5.95. The van der Waals surface area contributed by atoms with E-state index in [1.807, 2.05) is 0 Å². The number of aliphatic hydroxyl groups excluding tert-OH is 1. The largest absolute Gasteiger partial charge is 0.396 e. The topological polar surface area (TPSA) is 90.9 Å². The summed E-state index contributed by atoms with van der Waals surface area (Å²) in [5.41, 5.74) is 0. The Kier molecular flexibility index (Phi) is 5.62. The third kappa shape index (κ3) is 4.52. The molecule has 0 aromatic carbocycles. The number of hydrogen-bond acceptors (Lipinski definition) is 4. The van der Waals surface area contributed by atoms with Crippen LogP contribution in [0.2, 0.25) is 0 Å². The molecule has 1 unspecified atom stereocenters. The molecule has 1 atom stereocenters. The lowest BCUT2D eigenvalue weighted by Gasteiger charge is -2.14. The number of carbonyl (C=O) groups excluding carboxylic acids is 1. The van der Waals surface area contributed by atoms with E-state index in [2.05, 4.69) is 27.4 Å². The number of aliphatic hydroxyl groups is 1. The van der Waals surface area contributed by atoms with Crippen molar-refractivity contribution < 1.29 is 9.90 Å². The first-order chi connectivity index (χ1) is 8.17. The molecule has 6 heteroatoms. The second kappa shape index (κ2) is 7.01. The number of amides is 1. The molecule has 1 aromatic rings. The summed E-state index contributed by atoms with van der Waals surface area (Å²) < 4.78 is 0. The fourth-order valence-electron chi connectivity index (χ4n) is 1.70. The lowest BCUT2D eigenvalue weighted by molar-refractivity contribution is 0.0933. The maximum absolute atomic E-state index is 11.7. The van der Waals surface area contributed by atoms with E-state index in [0.29, 0.717) is 24.7 Å². The highest BCUT2D eigenvalue weighted by atomic mass is 16.3. The number of nitrogens with one attached hydrogen (secondary N) is 2. The van der Waals surface area contributed by atoms with Gasteiger partial charge in [0.15, 0.2) is 0 Å². The van der Waals surface area contributed by atoms with Crippen LogP contribution in [0.25, 0.3) is 0 Å². The maximum Gasteiger partial charge on any atom is 0.290 e. The number of aromatic amines is 1. The van der Waals surface area contributed by atoms with Crippen LogP contribution in [0.5, 0.6) is 0 Å². The number of H-pyrrole nitrogens is 1. The van der Waals surface area contributed by atoms with Crippen molar-refractivity contribution in [1.29, 1.82) is 0 Å². The van der Waals surface area contributed by atoms with E-state index >= 15 is 0 Å². The molecule has 0 saturated heterocycles. The molecular weight excluding hydrogens is 220 g/mol. The summed E-state index contributed by atoms with van der Waals surface area (Å²) in [6.45, 7) is 4.54. The molecule has 0 radical (unpaired) electrons. The predicted molar refractivity (Wildman–Crippen MR) is 63.6 cm³/mol. The second-order valence-corrected chi connectivity index (χ2v) is 4.12. The van der Waals surface area contributed by atoms with Crippen molar-refractivity contribution in [3.8, 4) is 0 Å². The van der Waals surface area contributed by atoms with Gasteiger partial charge in [-0.1, -0.05) is 13.3 Å². The smallest absolute Gasteiger partial charge is 0.290 e. The molecule has 1 heterocycles. The number of rotatable bonds is 7. The van der Waals surface area contributed by atoms with Gasteiger partial charge in [-0.25, -0.2) is 4.98 Å². The summed E-state index contributed by atoms with van der Waals surface area (Å²) in [6.07, 6.45) is 2.75. The van der Waals surface area contributed by atoms with E-state index in [4.69, 9.17) is 5.11 Å². The Labute approximate surface area is 101 Å². The minimum Gasteiger partial charge on any atom is -0.396 e. The molecule has 1 aromatic heterocycles. The minimum atomic E-state index is -0.270. The van der Waals surface area contributed by atoms with Crippen LogP contribution in [-0.2, 0) is 0 Å². The summed E-state index contributed by atoms with van der Waals surface area (Å²) in [5, 5.41) is 18.1. The zero-order valence-corrected chi connectivity index (χ0v) is 10.4. The van der Waals surface area contributed by atoms with Crippen molar-refractivity contribution in [2.24, 2.45) is 5.92 Å². The molecule has 1 rings (SSSR count). The molecule has 96 valence electrons. The average Bonchev–Trinajstić information content (AvgIpc) is 2.73. The Hall–Kier alpha value is -1.43. The molecule has 3 N–H and O–H groups in total. The highest BCUT2D eigenvalue weighted by molar-refractivity contribution is 5.90. The minimum absolute atomic E-state index is 0.153. The lowest BCUT2D eigenvalue weighted by Crippen LogP contribution is -2.30. The van der Waals surface area contributed by atoms with Crippen LogP contribution >= 0.6 is 0 Å². The lowest BCUT2D eigenvalue weighted by atomic mass is 10.0. The van der Waals surface area contributed by atoms with Crippen LogP contribution in [0.4, 0.5) is 0 Å². The number of aryl methyl sites for hydroxylation is 1. The molecule has 1 amide bonds. The predicted octanol–water partition coefficient (Wildman–Crippen LogP) is 0.642. The van der Waals surface area contributed by atoms with Crippen molar-refractivity contribution in [1.82, 2.24) is 20.5 Å². The Balaban J connectivity index is 2.40. The molecule has 17 heavy (non-hydrogen) atoms. The first-order valence-corrected chi connectivity index (χ1v) is 5.95. The number of aromatic nitrogens is 3. The van der Waals surface area contributed by atoms with Gasteiger partial charge in [-0.3, -0.25) is 9.89 Å². The normalized spacial score (nSPS) is 12.4. The maximum atomic E-state index is 11.7. The van der Waals surface area contributed by atoms with Gasteiger partial charge in [0.2, 0.25) is 5.82 Å². The molecule has 0 bridgehead atoms. The van der Waals surface area contributed by atoms with Crippen LogP contribution in [0.3, 0.4) is 0 Å². The van der Waals surface area contributed by atoms with Gasteiger partial charge in [0.05, 0.1) is 0 Å². The molecule has 0 aliphatic heterocycles. The van der Waals surface area contributed by atoms with Crippen LogP contribution in [0.1, 0.15) is 42.6 Å². The van der Waals surface area contributed by atoms with Gasteiger partial charge in [-0.05, 0) is 25.7 Å². The second-order valence-electron chi connectivity index (χ2n) is 4.12. The molecular formula is C11H20N4O2. The van der Waals surface area contributed by atoms with Crippen molar-refractivity contribution in [2.75, 3.05) is 13.2 Å². The fourth-order valence-corrected chi connectivity index (χ4v) is 1.70. The quantitative estimate of drug-likeness (QED) is 0.652. The van der Waals surface area contributed by atoms with Crippen molar-refractivity contribution in [2.45, 2.75) is 33.1 Å². The molecule has 0 fully saturated rings. The van der Waals surface area contributed by atoms with Crippen LogP contribution in [-0.4, -0.2) is 39.3 Å². The van der Waals surface area contributed by atoms with Gasteiger partial charge in [-0.15, -0.1) is 5.10 Å². The van der Waals surface area contributed by atoms with Gasteiger partial charge in [0.1, 0.15) is 5.82 Å². The zero-order chi connectivity index (χ0) is 12.7. The molecule has 0 spiro atoms. The first kappa shape index (κ1) is 13.6. The van der Waals surface area contributed by atoms with Crippen molar-refractivity contribution in [3.63, 3.8) is 0 Å². The van der Waals surface area contributed by atoms with Crippen molar-refractivity contribution >= 4 is 5.91 Å². The zero-order valence-electron chi connectivity index (χ0n) is 10.4. The highest BCUT2D eigenvalue weighted by Crippen LogP contribution is 2.09. The highest BCUT2D eigenvalue weighted by Gasteiger charge is 2.13. The molecule has 0 saturated carbocycles. The van der Waals surface area contributed by atoms with Crippen LogP contribution < -0.4 is 5.32 Å². The summed E-state index contributed by atoms with van der Waals surface area (Å²) >= 11 is 0. The van der Waals surface area contributed by atoms with Gasteiger partial charge in [-0.2, -0.15) is 0 Å². The molecule has 0 aliphatic rings. The summed E-state index contributed by atoms with van der Waals surface area (Å²) in [4.78, 5) is 15.6. The average molecular weight is 240 g/mol. The number of carbonyl (C=O) groups is 1. The van der Waals surface area contributed by atoms with E-state index in [1.165, 1.54) is 0 Å². The summed E-state index contributed by atoms with van der Waals surface area (Å²) in [5.74, 6) is 0.833. The molecule has 0 aliphatic carbocycles. The Morgan fingerprint density at radius 1 is 1.53 bits per heavy atom. The Morgan fingerprint density at radius 3 is 2.82 bits per heavy atom. The summed E-state index contributed by atoms with van der Waals surface area (Å²) in [7, 11) is 0. The van der Waals surface area contributed by atoms with Crippen LogP contribution in [0.15, 0.2) is 0 Å². The SMILES string of the molecule is CCCC(CCO)CNC(=O)c1n[nH]c(C)n1. The van der Waals surface area contributed by atoms with E-state index in [9.17, 15) is 4.79 Å². The fraction of sp³-hybridized carbons (Fsp3) is 0.727. The Morgan fingerprint density at radius 2 is 2.29 bits per heavy atom. The van der Waals surface area contributed by atoms with Gasteiger partial charge < -0.3 is 10.4 Å². The van der Waals surface area contributed by atoms with Crippen molar-refractivity contribution in [3.05, 3.63) is 11.6 Å². The Bertz CT molecular complexity index is 345. The van der Waals surface area contributed by atoms with E-state index in [-0.39, 0.29) is 18.3 Å². The third-order valence-corrected chi connectivity index (χ3v) is 2.59. The summed E-state index contributed by atoms with van der Waals surface area (Å²) in [6, 6.07) is 0. The third-order valence-electron chi connectivity index (χ3n) is 2.59. The standard InChI is InChI=1S/C11H20N4O2/c1-3-4-9(5-6-16)7-12-11(17)10-13-8(2)14-15-10/h9,16H,3-7H2,1-2H3,(H,12,17)(H,13,14,15). The monoisotopic (exact) mass is 240 g/mol. The van der Waals surface area contributed by atoms with E-state index in [1.54, 1.807) is 6.92 Å². The van der Waals surface area contributed by atoms with Gasteiger partial charge in [0, 0.05) is 13.2 Å².